The minimum atomic E-state index is -0.507. The van der Waals surface area contributed by atoms with E-state index in [1.54, 1.807) is 25.5 Å². The van der Waals surface area contributed by atoms with E-state index in [9.17, 15) is 14.4 Å². The number of hydrogen-bond acceptors (Lipinski definition) is 6. The molecule has 3 heterocycles. The first-order valence-corrected chi connectivity index (χ1v) is 9.65. The first-order chi connectivity index (χ1) is 13.8. The molecular weight excluding hydrogens is 378 g/mol. The summed E-state index contributed by atoms with van der Waals surface area (Å²) in [6, 6.07) is 0. The number of aryl methyl sites for hydroxylation is 3. The quantitative estimate of drug-likeness (QED) is 0.405. The first kappa shape index (κ1) is 20.8. The maximum Gasteiger partial charge on any atom is 0.332 e. The van der Waals surface area contributed by atoms with Crippen LogP contribution >= 0.6 is 0 Å². The molecule has 0 saturated heterocycles. The summed E-state index contributed by atoms with van der Waals surface area (Å²) in [5.74, 6) is 0.164. The van der Waals surface area contributed by atoms with Crippen molar-refractivity contribution >= 4 is 22.9 Å². The molecule has 0 bridgehead atoms. The van der Waals surface area contributed by atoms with E-state index >= 15 is 0 Å². The van der Waals surface area contributed by atoms with E-state index in [2.05, 4.69) is 4.98 Å². The third-order valence-corrected chi connectivity index (χ3v) is 5.20. The van der Waals surface area contributed by atoms with Crippen LogP contribution < -0.4 is 11.2 Å². The summed E-state index contributed by atoms with van der Waals surface area (Å²) in [5.41, 5.74) is 1.57. The van der Waals surface area contributed by atoms with Gasteiger partial charge in [-0.25, -0.2) is 4.79 Å². The number of carbonyl (C=O) groups excluding carboxylic acids is 1. The molecule has 0 unspecified atom stereocenters. The van der Waals surface area contributed by atoms with Gasteiger partial charge in [-0.05, 0) is 27.2 Å². The van der Waals surface area contributed by atoms with Crippen LogP contribution in [0.1, 0.15) is 31.2 Å². The van der Waals surface area contributed by atoms with Gasteiger partial charge in [-0.15, -0.1) is 0 Å². The molecule has 0 aromatic carbocycles. The summed E-state index contributed by atoms with van der Waals surface area (Å²) >= 11 is 0. The highest BCUT2D eigenvalue weighted by Crippen LogP contribution is 2.20. The summed E-state index contributed by atoms with van der Waals surface area (Å²) < 4.78 is 16.3. The Kier molecular flexibility index (Phi) is 5.92. The lowest BCUT2D eigenvalue weighted by Crippen LogP contribution is -2.40. The van der Waals surface area contributed by atoms with Gasteiger partial charge in [0.15, 0.2) is 11.2 Å². The zero-order chi connectivity index (χ0) is 21.3. The van der Waals surface area contributed by atoms with Gasteiger partial charge < -0.3 is 14.0 Å². The van der Waals surface area contributed by atoms with E-state index in [1.165, 1.54) is 4.57 Å². The van der Waals surface area contributed by atoms with Crippen molar-refractivity contribution in [1.82, 2.24) is 23.1 Å². The van der Waals surface area contributed by atoms with Gasteiger partial charge in [-0.3, -0.25) is 23.1 Å². The minimum absolute atomic E-state index is 0.0416. The molecular formula is C19H27N5O5. The second-order valence-electron chi connectivity index (χ2n) is 6.94. The van der Waals surface area contributed by atoms with E-state index in [0.29, 0.717) is 30.1 Å². The van der Waals surface area contributed by atoms with Crippen molar-refractivity contribution in [3.8, 4) is 0 Å². The molecule has 158 valence electrons. The summed E-state index contributed by atoms with van der Waals surface area (Å²) in [6.45, 7) is 7.12. The van der Waals surface area contributed by atoms with Gasteiger partial charge in [0, 0.05) is 45.2 Å². The molecule has 10 heteroatoms. The molecule has 0 saturated carbocycles. The van der Waals surface area contributed by atoms with E-state index in [4.69, 9.17) is 9.47 Å². The van der Waals surface area contributed by atoms with Gasteiger partial charge in [-0.1, -0.05) is 0 Å². The normalized spacial score (nSPS) is 11.6. The van der Waals surface area contributed by atoms with Crippen LogP contribution in [0, 0.1) is 13.8 Å². The number of ether oxygens (including phenoxy) is 2. The van der Waals surface area contributed by atoms with Gasteiger partial charge in [0.05, 0.1) is 13.0 Å². The number of nitrogens with zero attached hydrogens (tertiary/aromatic N) is 5. The third-order valence-electron chi connectivity index (χ3n) is 5.20. The zero-order valence-corrected chi connectivity index (χ0v) is 17.5. The molecule has 0 aliphatic carbocycles. The van der Waals surface area contributed by atoms with Crippen LogP contribution in [0.4, 0.5) is 0 Å². The fraction of sp³-hybridized carbons (Fsp3) is 0.579. The molecule has 0 radical (unpaired) electrons. The van der Waals surface area contributed by atoms with Crippen molar-refractivity contribution in [2.45, 2.75) is 46.7 Å². The van der Waals surface area contributed by atoms with Crippen molar-refractivity contribution in [2.24, 2.45) is 7.05 Å². The van der Waals surface area contributed by atoms with E-state index in [-0.39, 0.29) is 19.6 Å². The van der Waals surface area contributed by atoms with Crippen LogP contribution in [0.25, 0.3) is 16.9 Å². The molecule has 0 N–H and O–H groups in total. The van der Waals surface area contributed by atoms with Crippen LogP contribution in [-0.4, -0.2) is 49.4 Å². The second-order valence-corrected chi connectivity index (χ2v) is 6.94. The molecule has 0 spiro atoms. The molecule has 0 fully saturated rings. The topological polar surface area (TPSA) is 102 Å². The lowest BCUT2D eigenvalue weighted by Gasteiger charge is -2.08. The Hall–Kier alpha value is -2.88. The van der Waals surface area contributed by atoms with Crippen molar-refractivity contribution in [2.75, 3.05) is 20.3 Å². The molecule has 29 heavy (non-hydrogen) atoms. The Morgan fingerprint density at radius 1 is 1.10 bits per heavy atom. The monoisotopic (exact) mass is 405 g/mol. The summed E-state index contributed by atoms with van der Waals surface area (Å²) in [4.78, 5) is 42.2. The molecule has 0 amide bonds. The Balaban J connectivity index is 2.19. The van der Waals surface area contributed by atoms with Crippen LogP contribution in [-0.2, 0) is 34.4 Å². The number of aromatic nitrogens is 5. The lowest BCUT2D eigenvalue weighted by molar-refractivity contribution is -0.143. The van der Waals surface area contributed by atoms with Crippen LogP contribution in [0.3, 0.4) is 0 Å². The number of fused-ring (bicyclic) bond motifs is 3. The van der Waals surface area contributed by atoms with Crippen molar-refractivity contribution in [3.05, 3.63) is 32.2 Å². The van der Waals surface area contributed by atoms with Crippen LogP contribution in [0.15, 0.2) is 9.59 Å². The molecule has 3 rings (SSSR count). The smallest absolute Gasteiger partial charge is 0.332 e. The number of esters is 1. The van der Waals surface area contributed by atoms with Gasteiger partial charge in [0.2, 0.25) is 5.78 Å². The Bertz CT molecular complexity index is 1180. The molecule has 3 aromatic rings. The van der Waals surface area contributed by atoms with Gasteiger partial charge in [-0.2, -0.15) is 4.98 Å². The number of methoxy groups -OCH3 is 1. The maximum absolute atomic E-state index is 13.2. The Morgan fingerprint density at radius 2 is 1.83 bits per heavy atom. The number of rotatable bonds is 8. The highest BCUT2D eigenvalue weighted by Gasteiger charge is 2.22. The standard InChI is InChI=1S/C19H27N5O5/c1-6-29-14(25)8-10-23-17(26)15-16(21(4)19(23)27)20-18-22(9-7-11-28-5)12(2)13(3)24(15)18/h6-11H2,1-5H3. The fourth-order valence-corrected chi connectivity index (χ4v) is 3.58. The van der Waals surface area contributed by atoms with E-state index in [0.717, 1.165) is 22.4 Å². The summed E-state index contributed by atoms with van der Waals surface area (Å²) in [7, 11) is 3.23. The lowest BCUT2D eigenvalue weighted by atomic mass is 10.3. The first-order valence-electron chi connectivity index (χ1n) is 9.65. The van der Waals surface area contributed by atoms with Gasteiger partial charge in [0.1, 0.15) is 0 Å². The van der Waals surface area contributed by atoms with Crippen molar-refractivity contribution in [3.63, 3.8) is 0 Å². The average Bonchev–Trinajstić information content (AvgIpc) is 3.18. The van der Waals surface area contributed by atoms with E-state index in [1.807, 2.05) is 18.4 Å². The van der Waals surface area contributed by atoms with Crippen LogP contribution in [0.5, 0.6) is 0 Å². The van der Waals surface area contributed by atoms with Gasteiger partial charge >= 0.3 is 11.7 Å². The molecule has 0 aliphatic heterocycles. The number of imidazole rings is 2. The fourth-order valence-electron chi connectivity index (χ4n) is 3.58. The van der Waals surface area contributed by atoms with Crippen molar-refractivity contribution < 1.29 is 14.3 Å². The Morgan fingerprint density at radius 3 is 2.48 bits per heavy atom. The maximum atomic E-state index is 13.2. The number of hydrogen-bond donors (Lipinski definition) is 0. The van der Waals surface area contributed by atoms with Gasteiger partial charge in [0.25, 0.3) is 5.56 Å². The van der Waals surface area contributed by atoms with E-state index < -0.39 is 17.2 Å². The Labute approximate surface area is 167 Å². The largest absolute Gasteiger partial charge is 0.466 e. The molecule has 3 aromatic heterocycles. The predicted molar refractivity (Wildman–Crippen MR) is 107 cm³/mol. The molecule has 0 atom stereocenters. The second kappa shape index (κ2) is 8.24. The predicted octanol–water partition coefficient (Wildman–Crippen LogP) is 0.756. The molecule has 10 nitrogen and oxygen atoms in total. The van der Waals surface area contributed by atoms with Crippen molar-refractivity contribution in [1.29, 1.82) is 0 Å². The molecule has 0 aliphatic rings. The SMILES string of the molecule is CCOC(=O)CCn1c(=O)c2c(nc3n(CCCOC)c(C)c(C)n23)n(C)c1=O. The van der Waals surface area contributed by atoms with Crippen LogP contribution in [0.2, 0.25) is 0 Å². The third kappa shape index (κ3) is 3.48. The summed E-state index contributed by atoms with van der Waals surface area (Å²) in [6.07, 6.45) is 0.750. The number of carbonyl (C=O) groups is 1. The average molecular weight is 405 g/mol. The highest BCUT2D eigenvalue weighted by molar-refractivity contribution is 5.76. The minimum Gasteiger partial charge on any atom is -0.466 e. The summed E-state index contributed by atoms with van der Waals surface area (Å²) in [5, 5.41) is 0. The highest BCUT2D eigenvalue weighted by atomic mass is 16.5. The zero-order valence-electron chi connectivity index (χ0n) is 17.5.